The first-order valence-corrected chi connectivity index (χ1v) is 12.6. The lowest BCUT2D eigenvalue weighted by Gasteiger charge is -2.22. The van der Waals surface area contributed by atoms with Crippen molar-refractivity contribution in [2.24, 2.45) is 10.8 Å². The molecular weight excluding hydrogens is 634 g/mol. The molecule has 9 heteroatoms. The highest BCUT2D eigenvalue weighted by Crippen LogP contribution is 2.32. The SMILES string of the molecule is NC(=O)COc1c(I)cc(C=Nn2c(C3CCCCC3)nc3ccccc3c2=O)cc1I. The van der Waals surface area contributed by atoms with E-state index in [9.17, 15) is 9.59 Å². The third kappa shape index (κ3) is 5.13. The van der Waals surface area contributed by atoms with E-state index >= 15 is 0 Å². The Balaban J connectivity index is 1.74. The van der Waals surface area contributed by atoms with Crippen molar-refractivity contribution in [3.8, 4) is 5.75 Å². The molecule has 1 saturated carbocycles. The second-order valence-corrected chi connectivity index (χ2v) is 10.1. The largest absolute Gasteiger partial charge is 0.482 e. The second kappa shape index (κ2) is 10.3. The molecule has 1 fully saturated rings. The van der Waals surface area contributed by atoms with E-state index in [-0.39, 0.29) is 18.1 Å². The number of halogens is 2. The van der Waals surface area contributed by atoms with Gasteiger partial charge in [-0.25, -0.2) is 4.98 Å². The van der Waals surface area contributed by atoms with E-state index in [1.54, 1.807) is 12.3 Å². The fourth-order valence-electron chi connectivity index (χ4n) is 3.94. The predicted octanol–water partition coefficient (Wildman–Crippen LogP) is 4.40. The van der Waals surface area contributed by atoms with Gasteiger partial charge >= 0.3 is 0 Å². The van der Waals surface area contributed by atoms with Crippen molar-refractivity contribution in [1.29, 1.82) is 0 Å². The van der Waals surface area contributed by atoms with Crippen LogP contribution >= 0.6 is 45.2 Å². The van der Waals surface area contributed by atoms with Gasteiger partial charge in [-0.05, 0) is 87.9 Å². The summed E-state index contributed by atoms with van der Waals surface area (Å²) < 4.78 is 8.64. The van der Waals surface area contributed by atoms with E-state index in [1.807, 2.05) is 30.3 Å². The van der Waals surface area contributed by atoms with Crippen molar-refractivity contribution in [3.63, 3.8) is 0 Å². The summed E-state index contributed by atoms with van der Waals surface area (Å²) in [4.78, 5) is 29.2. The lowest BCUT2D eigenvalue weighted by molar-refractivity contribution is -0.119. The lowest BCUT2D eigenvalue weighted by Crippen LogP contribution is -2.25. The van der Waals surface area contributed by atoms with Gasteiger partial charge in [-0.1, -0.05) is 31.4 Å². The van der Waals surface area contributed by atoms with Crippen LogP contribution in [0.5, 0.6) is 5.75 Å². The maximum Gasteiger partial charge on any atom is 0.282 e. The highest BCUT2D eigenvalue weighted by molar-refractivity contribution is 14.1. The minimum Gasteiger partial charge on any atom is -0.482 e. The molecule has 166 valence electrons. The first kappa shape index (κ1) is 23.1. The van der Waals surface area contributed by atoms with Gasteiger partial charge in [0.1, 0.15) is 11.6 Å². The molecule has 1 aromatic heterocycles. The van der Waals surface area contributed by atoms with Crippen molar-refractivity contribution in [1.82, 2.24) is 9.66 Å². The fourth-order valence-corrected chi connectivity index (χ4v) is 6.06. The van der Waals surface area contributed by atoms with Gasteiger partial charge in [-0.15, -0.1) is 0 Å². The van der Waals surface area contributed by atoms with Crippen molar-refractivity contribution < 1.29 is 9.53 Å². The minimum absolute atomic E-state index is 0.154. The molecule has 1 aliphatic rings. The molecule has 1 amide bonds. The Morgan fingerprint density at radius 2 is 1.88 bits per heavy atom. The normalized spacial score (nSPS) is 14.8. The third-order valence-corrected chi connectivity index (χ3v) is 7.05. The molecule has 0 unspecified atom stereocenters. The van der Waals surface area contributed by atoms with Crippen LogP contribution in [0, 0.1) is 7.14 Å². The Hall–Kier alpha value is -2.02. The molecule has 4 rings (SSSR count). The number of carbonyl (C=O) groups is 1. The molecule has 3 aromatic rings. The molecular formula is C23H22I2N4O3. The third-order valence-electron chi connectivity index (χ3n) is 5.45. The van der Waals surface area contributed by atoms with Gasteiger partial charge in [0.2, 0.25) is 0 Å². The Labute approximate surface area is 212 Å². The van der Waals surface area contributed by atoms with Crippen LogP contribution in [0.3, 0.4) is 0 Å². The summed E-state index contributed by atoms with van der Waals surface area (Å²) in [5.41, 5.74) is 6.56. The molecule has 32 heavy (non-hydrogen) atoms. The Morgan fingerprint density at radius 1 is 1.19 bits per heavy atom. The minimum atomic E-state index is -0.527. The van der Waals surface area contributed by atoms with Crippen LogP contribution in [0.15, 0.2) is 46.3 Å². The Kier molecular flexibility index (Phi) is 7.44. The number of benzene rings is 2. The van der Waals surface area contributed by atoms with E-state index in [0.29, 0.717) is 16.7 Å². The molecule has 0 bridgehead atoms. The zero-order valence-electron chi connectivity index (χ0n) is 17.3. The fraction of sp³-hybridized carbons (Fsp3) is 0.304. The molecule has 7 nitrogen and oxygen atoms in total. The number of fused-ring (bicyclic) bond motifs is 1. The van der Waals surface area contributed by atoms with Crippen molar-refractivity contribution in [2.45, 2.75) is 38.0 Å². The summed E-state index contributed by atoms with van der Waals surface area (Å²) in [6.45, 7) is -0.178. The molecule has 1 heterocycles. The summed E-state index contributed by atoms with van der Waals surface area (Å²) in [7, 11) is 0. The average Bonchev–Trinajstić information content (AvgIpc) is 2.78. The first-order chi connectivity index (χ1) is 15.4. The van der Waals surface area contributed by atoms with E-state index in [2.05, 4.69) is 50.3 Å². The number of aromatic nitrogens is 2. The molecule has 0 atom stereocenters. The number of nitrogens with two attached hydrogens (primary N) is 1. The second-order valence-electron chi connectivity index (χ2n) is 7.75. The molecule has 0 aliphatic heterocycles. The van der Waals surface area contributed by atoms with Gasteiger partial charge in [-0.2, -0.15) is 9.78 Å². The standard InChI is InChI=1S/C23H22I2N4O3/c24-17-10-14(11-18(25)21(17)32-13-20(26)30)12-27-29-22(15-6-2-1-3-7-15)28-19-9-5-4-8-16(19)23(29)31/h4-5,8-12,15H,1-3,6-7,13H2,(H2,26,30). The number of amides is 1. The Bertz CT molecular complexity index is 1230. The Morgan fingerprint density at radius 3 is 2.56 bits per heavy atom. The maximum atomic E-state index is 13.3. The molecule has 1 aliphatic carbocycles. The quantitative estimate of drug-likeness (QED) is 0.314. The molecule has 2 N–H and O–H groups in total. The van der Waals surface area contributed by atoms with Crippen molar-refractivity contribution in [3.05, 3.63) is 65.3 Å². The number of primary amides is 1. The summed E-state index contributed by atoms with van der Waals surface area (Å²) in [6.07, 6.45) is 7.20. The number of para-hydroxylation sites is 1. The summed E-state index contributed by atoms with van der Waals surface area (Å²) in [5.74, 6) is 1.04. The van der Waals surface area contributed by atoms with Crippen LogP contribution < -0.4 is 16.0 Å². The van der Waals surface area contributed by atoms with E-state index < -0.39 is 5.91 Å². The average molecular weight is 656 g/mol. The van der Waals surface area contributed by atoms with Gasteiger partial charge < -0.3 is 10.5 Å². The monoisotopic (exact) mass is 656 g/mol. The molecule has 0 spiro atoms. The molecule has 2 aromatic carbocycles. The van der Waals surface area contributed by atoms with Crippen LogP contribution in [-0.2, 0) is 4.79 Å². The number of rotatable bonds is 6. The van der Waals surface area contributed by atoms with Gasteiger partial charge in [0.15, 0.2) is 6.61 Å². The zero-order valence-corrected chi connectivity index (χ0v) is 21.6. The van der Waals surface area contributed by atoms with E-state index in [4.69, 9.17) is 15.5 Å². The van der Waals surface area contributed by atoms with Gasteiger partial charge in [0, 0.05) is 5.92 Å². The van der Waals surface area contributed by atoms with Crippen LogP contribution in [0.2, 0.25) is 0 Å². The number of nitrogens with zero attached hydrogens (tertiary/aromatic N) is 3. The summed E-state index contributed by atoms with van der Waals surface area (Å²) >= 11 is 4.30. The van der Waals surface area contributed by atoms with Crippen LogP contribution in [0.1, 0.15) is 49.4 Å². The number of carbonyl (C=O) groups excluding carboxylic acids is 1. The topological polar surface area (TPSA) is 99.6 Å². The first-order valence-electron chi connectivity index (χ1n) is 10.4. The van der Waals surface area contributed by atoms with Crippen LogP contribution in [-0.4, -0.2) is 28.4 Å². The van der Waals surface area contributed by atoms with Crippen molar-refractivity contribution >= 4 is 68.2 Å². The van der Waals surface area contributed by atoms with Crippen LogP contribution in [0.25, 0.3) is 10.9 Å². The van der Waals surface area contributed by atoms with Crippen LogP contribution in [0.4, 0.5) is 0 Å². The van der Waals surface area contributed by atoms with Gasteiger partial charge in [-0.3, -0.25) is 9.59 Å². The highest BCUT2D eigenvalue weighted by atomic mass is 127. The zero-order chi connectivity index (χ0) is 22.7. The summed E-state index contributed by atoms with van der Waals surface area (Å²) in [6, 6.07) is 11.2. The molecule has 0 saturated heterocycles. The van der Waals surface area contributed by atoms with E-state index in [0.717, 1.165) is 44.2 Å². The molecule has 0 radical (unpaired) electrons. The lowest BCUT2D eigenvalue weighted by atomic mass is 9.88. The smallest absolute Gasteiger partial charge is 0.282 e. The number of hydrogen-bond acceptors (Lipinski definition) is 5. The number of ether oxygens (including phenoxy) is 1. The predicted molar refractivity (Wildman–Crippen MR) is 141 cm³/mol. The highest BCUT2D eigenvalue weighted by Gasteiger charge is 2.22. The van der Waals surface area contributed by atoms with Gasteiger partial charge in [0.05, 0.1) is 24.3 Å². The summed E-state index contributed by atoms with van der Waals surface area (Å²) in [5, 5.41) is 5.14. The van der Waals surface area contributed by atoms with E-state index in [1.165, 1.54) is 11.1 Å². The van der Waals surface area contributed by atoms with Gasteiger partial charge in [0.25, 0.3) is 11.5 Å². The number of hydrogen-bond donors (Lipinski definition) is 1. The maximum absolute atomic E-state index is 13.3. The van der Waals surface area contributed by atoms with Crippen molar-refractivity contribution in [2.75, 3.05) is 6.61 Å².